The zero-order valence-electron chi connectivity index (χ0n) is 18.3. The van der Waals surface area contributed by atoms with Crippen LogP contribution in [-0.4, -0.2) is 52.0 Å². The van der Waals surface area contributed by atoms with E-state index in [9.17, 15) is 13.2 Å². The average Bonchev–Trinajstić information content (AvgIpc) is 2.78. The van der Waals surface area contributed by atoms with E-state index in [0.29, 0.717) is 44.0 Å². The number of sulfonamides is 1. The molecule has 0 saturated carbocycles. The highest BCUT2D eigenvalue weighted by atomic mass is 32.2. The second-order valence-corrected chi connectivity index (χ2v) is 9.63. The van der Waals surface area contributed by atoms with E-state index in [-0.39, 0.29) is 23.3 Å². The van der Waals surface area contributed by atoms with Gasteiger partial charge in [-0.05, 0) is 49.6 Å². The molecule has 1 atom stereocenters. The highest BCUT2D eigenvalue weighted by Crippen LogP contribution is 2.26. The van der Waals surface area contributed by atoms with E-state index >= 15 is 0 Å². The molecule has 7 nitrogen and oxygen atoms in total. The summed E-state index contributed by atoms with van der Waals surface area (Å²) in [5, 5.41) is 3.00. The lowest BCUT2D eigenvalue weighted by Crippen LogP contribution is -2.40. The minimum Gasteiger partial charge on any atom is -0.496 e. The number of hydrogen-bond donors (Lipinski definition) is 1. The summed E-state index contributed by atoms with van der Waals surface area (Å²) in [4.78, 5) is 12.7. The van der Waals surface area contributed by atoms with Gasteiger partial charge in [-0.3, -0.25) is 4.79 Å². The molecule has 2 aromatic rings. The summed E-state index contributed by atoms with van der Waals surface area (Å²) in [6, 6.07) is 12.7. The lowest BCUT2D eigenvalue weighted by molar-refractivity contribution is -0.121. The number of benzene rings is 2. The zero-order chi connectivity index (χ0) is 22.4. The average molecular weight is 447 g/mol. The summed E-state index contributed by atoms with van der Waals surface area (Å²) in [7, 11) is -2.07. The standard InChI is InChI=1S/C23H30N2O5S/c1-17-4-6-19(7-5-17)18(2)24-23(26)11-8-20-16-21(9-10-22(20)29-3)31(27,28)25-12-14-30-15-13-25/h4-7,9-10,16,18H,8,11-15H2,1-3H3,(H,24,26)/t18-/m0/s1. The first-order valence-electron chi connectivity index (χ1n) is 10.4. The monoisotopic (exact) mass is 446 g/mol. The fraction of sp³-hybridized carbons (Fsp3) is 0.435. The van der Waals surface area contributed by atoms with Crippen LogP contribution in [0.1, 0.15) is 36.1 Å². The second kappa shape index (κ2) is 10.3. The third-order valence-corrected chi connectivity index (χ3v) is 7.33. The van der Waals surface area contributed by atoms with Crippen molar-refractivity contribution >= 4 is 15.9 Å². The Labute approximate surface area is 184 Å². The fourth-order valence-corrected chi connectivity index (χ4v) is 5.01. The van der Waals surface area contributed by atoms with Crippen molar-refractivity contribution in [2.75, 3.05) is 33.4 Å². The van der Waals surface area contributed by atoms with Crippen molar-refractivity contribution in [2.45, 2.75) is 37.6 Å². The maximum absolute atomic E-state index is 13.0. The van der Waals surface area contributed by atoms with Crippen LogP contribution in [0.4, 0.5) is 0 Å². The molecule has 1 fully saturated rings. The van der Waals surface area contributed by atoms with Crippen LogP contribution < -0.4 is 10.1 Å². The largest absolute Gasteiger partial charge is 0.496 e. The van der Waals surface area contributed by atoms with Crippen LogP contribution >= 0.6 is 0 Å². The maximum Gasteiger partial charge on any atom is 0.243 e. The normalized spacial score (nSPS) is 16.0. The van der Waals surface area contributed by atoms with E-state index in [1.165, 1.54) is 17.0 Å². The van der Waals surface area contributed by atoms with E-state index < -0.39 is 10.0 Å². The highest BCUT2D eigenvalue weighted by molar-refractivity contribution is 7.89. The Bertz CT molecular complexity index is 999. The molecule has 0 aromatic heterocycles. The highest BCUT2D eigenvalue weighted by Gasteiger charge is 2.27. The van der Waals surface area contributed by atoms with Gasteiger partial charge >= 0.3 is 0 Å². The molecule has 1 N–H and O–H groups in total. The van der Waals surface area contributed by atoms with Gasteiger partial charge in [0.15, 0.2) is 0 Å². The maximum atomic E-state index is 13.0. The lowest BCUT2D eigenvalue weighted by Gasteiger charge is -2.26. The van der Waals surface area contributed by atoms with Crippen LogP contribution in [-0.2, 0) is 26.0 Å². The van der Waals surface area contributed by atoms with Crippen LogP contribution in [0.15, 0.2) is 47.4 Å². The third kappa shape index (κ3) is 5.84. The van der Waals surface area contributed by atoms with Gasteiger partial charge in [0.2, 0.25) is 15.9 Å². The van der Waals surface area contributed by atoms with Crippen LogP contribution in [0.5, 0.6) is 5.75 Å². The van der Waals surface area contributed by atoms with Crippen molar-refractivity contribution in [3.63, 3.8) is 0 Å². The summed E-state index contributed by atoms with van der Waals surface area (Å²) >= 11 is 0. The Morgan fingerprint density at radius 3 is 2.48 bits per heavy atom. The van der Waals surface area contributed by atoms with Crippen LogP contribution in [0.3, 0.4) is 0 Å². The van der Waals surface area contributed by atoms with Gasteiger partial charge < -0.3 is 14.8 Å². The molecule has 1 saturated heterocycles. The van der Waals surface area contributed by atoms with Gasteiger partial charge in [0.1, 0.15) is 5.75 Å². The molecule has 8 heteroatoms. The number of aryl methyl sites for hydroxylation is 2. The summed E-state index contributed by atoms with van der Waals surface area (Å²) < 4.78 is 38.0. The molecule has 1 heterocycles. The van der Waals surface area contributed by atoms with Gasteiger partial charge in [-0.1, -0.05) is 29.8 Å². The Kier molecular flexibility index (Phi) is 7.69. The molecule has 0 bridgehead atoms. The molecule has 1 aliphatic rings. The lowest BCUT2D eigenvalue weighted by atomic mass is 10.1. The van der Waals surface area contributed by atoms with Gasteiger partial charge in [-0.2, -0.15) is 4.31 Å². The predicted molar refractivity (Wildman–Crippen MR) is 119 cm³/mol. The number of carbonyl (C=O) groups is 1. The summed E-state index contributed by atoms with van der Waals surface area (Å²) in [6.07, 6.45) is 0.607. The first kappa shape index (κ1) is 23.2. The van der Waals surface area contributed by atoms with Crippen molar-refractivity contribution < 1.29 is 22.7 Å². The molecule has 3 rings (SSSR count). The molecule has 1 amide bonds. The quantitative estimate of drug-likeness (QED) is 0.674. The van der Waals surface area contributed by atoms with Crippen LogP contribution in [0.25, 0.3) is 0 Å². The molecule has 1 aliphatic heterocycles. The smallest absolute Gasteiger partial charge is 0.243 e. The summed E-state index contributed by atoms with van der Waals surface area (Å²) in [5.74, 6) is 0.469. The number of morpholine rings is 1. The number of hydrogen-bond acceptors (Lipinski definition) is 5. The van der Waals surface area contributed by atoms with E-state index in [0.717, 1.165) is 5.56 Å². The van der Waals surface area contributed by atoms with E-state index in [1.54, 1.807) is 18.2 Å². The number of ether oxygens (including phenoxy) is 2. The van der Waals surface area contributed by atoms with E-state index in [4.69, 9.17) is 9.47 Å². The van der Waals surface area contributed by atoms with Gasteiger partial charge in [0.05, 0.1) is 31.3 Å². The zero-order valence-corrected chi connectivity index (χ0v) is 19.1. The first-order valence-corrected chi connectivity index (χ1v) is 11.9. The van der Waals surface area contributed by atoms with Gasteiger partial charge in [0, 0.05) is 19.5 Å². The van der Waals surface area contributed by atoms with Crippen molar-refractivity contribution in [1.82, 2.24) is 9.62 Å². The fourth-order valence-electron chi connectivity index (χ4n) is 3.55. The SMILES string of the molecule is COc1ccc(S(=O)(=O)N2CCOCC2)cc1CCC(=O)N[C@@H](C)c1ccc(C)cc1. The van der Waals surface area contributed by atoms with Crippen molar-refractivity contribution in [3.05, 3.63) is 59.2 Å². The summed E-state index contributed by atoms with van der Waals surface area (Å²) in [5.41, 5.74) is 2.89. The van der Waals surface area contributed by atoms with E-state index in [2.05, 4.69) is 5.32 Å². The molecule has 31 heavy (non-hydrogen) atoms. The number of carbonyl (C=O) groups excluding carboxylic acids is 1. The Hall–Kier alpha value is -2.42. The summed E-state index contributed by atoms with van der Waals surface area (Å²) in [6.45, 7) is 5.42. The number of nitrogens with zero attached hydrogens (tertiary/aromatic N) is 1. The Balaban J connectivity index is 1.68. The van der Waals surface area contributed by atoms with Gasteiger partial charge in [-0.25, -0.2) is 8.42 Å². The number of rotatable bonds is 8. The van der Waals surface area contributed by atoms with Gasteiger partial charge in [-0.15, -0.1) is 0 Å². The molecule has 0 radical (unpaired) electrons. The predicted octanol–water partition coefficient (Wildman–Crippen LogP) is 2.83. The first-order chi connectivity index (χ1) is 14.8. The van der Waals surface area contributed by atoms with E-state index in [1.807, 2.05) is 38.1 Å². The molecule has 0 spiro atoms. The third-order valence-electron chi connectivity index (χ3n) is 5.44. The molecular weight excluding hydrogens is 416 g/mol. The molecule has 0 unspecified atom stereocenters. The van der Waals surface area contributed by atoms with Crippen molar-refractivity contribution in [1.29, 1.82) is 0 Å². The molecule has 2 aromatic carbocycles. The second-order valence-electron chi connectivity index (χ2n) is 7.69. The Morgan fingerprint density at radius 1 is 1.16 bits per heavy atom. The minimum absolute atomic E-state index is 0.100. The molecular formula is C23H30N2O5S. The van der Waals surface area contributed by atoms with Crippen LogP contribution in [0.2, 0.25) is 0 Å². The van der Waals surface area contributed by atoms with Crippen LogP contribution in [0, 0.1) is 6.92 Å². The Morgan fingerprint density at radius 2 is 1.84 bits per heavy atom. The number of methoxy groups -OCH3 is 1. The molecule has 168 valence electrons. The van der Waals surface area contributed by atoms with Gasteiger partial charge in [0.25, 0.3) is 0 Å². The topological polar surface area (TPSA) is 84.9 Å². The van der Waals surface area contributed by atoms with Crippen molar-refractivity contribution in [2.24, 2.45) is 0 Å². The van der Waals surface area contributed by atoms with Crippen molar-refractivity contribution in [3.8, 4) is 5.75 Å². The number of amides is 1. The molecule has 0 aliphatic carbocycles. The minimum atomic E-state index is -3.61. The number of nitrogens with one attached hydrogen (secondary N) is 1.